The van der Waals surface area contributed by atoms with Gasteiger partial charge in [0.05, 0.1) is 24.8 Å². The number of thiazole rings is 1. The number of hydrogen-bond acceptors (Lipinski definition) is 5. The molecule has 0 bridgehead atoms. The van der Waals surface area contributed by atoms with Gasteiger partial charge in [-0.2, -0.15) is 5.10 Å². The fraction of sp³-hybridized carbons (Fsp3) is 0.533. The molecule has 0 radical (unpaired) electrons. The van der Waals surface area contributed by atoms with Crippen LogP contribution in [0.1, 0.15) is 43.0 Å². The summed E-state index contributed by atoms with van der Waals surface area (Å²) < 4.78 is 7.67. The van der Waals surface area contributed by atoms with Crippen molar-refractivity contribution in [1.29, 1.82) is 0 Å². The Kier molecular flexibility index (Phi) is 4.54. The molecule has 1 N–H and O–H groups in total. The van der Waals surface area contributed by atoms with E-state index in [1.54, 1.807) is 23.7 Å². The second kappa shape index (κ2) is 6.58. The van der Waals surface area contributed by atoms with E-state index in [4.69, 9.17) is 4.74 Å². The zero-order valence-corrected chi connectivity index (χ0v) is 13.5. The van der Waals surface area contributed by atoms with Gasteiger partial charge in [0.1, 0.15) is 5.01 Å². The molecule has 1 fully saturated rings. The molecule has 2 aromatic heterocycles. The number of amides is 1. The number of carbonyl (C=O) groups excluding carboxylic acids is 1. The number of ether oxygens (including phenoxy) is 1. The van der Waals surface area contributed by atoms with E-state index in [0.29, 0.717) is 19.2 Å². The number of nitrogens with one attached hydrogen (secondary N) is 1. The molecule has 3 heterocycles. The van der Waals surface area contributed by atoms with Crippen LogP contribution in [0.25, 0.3) is 0 Å². The van der Waals surface area contributed by atoms with Crippen LogP contribution in [0.5, 0.6) is 0 Å². The molecule has 1 amide bonds. The van der Waals surface area contributed by atoms with Crippen molar-refractivity contribution in [1.82, 2.24) is 20.1 Å². The maximum absolute atomic E-state index is 12.4. The van der Waals surface area contributed by atoms with Crippen molar-refractivity contribution in [2.75, 3.05) is 6.61 Å². The second-order valence-corrected chi connectivity index (χ2v) is 6.66. The third kappa shape index (κ3) is 3.20. The summed E-state index contributed by atoms with van der Waals surface area (Å²) in [4.78, 5) is 16.6. The molecule has 1 aliphatic rings. The maximum atomic E-state index is 12.4. The lowest BCUT2D eigenvalue weighted by Gasteiger charge is -2.16. The molecule has 0 aromatic carbocycles. The highest BCUT2D eigenvalue weighted by Gasteiger charge is 2.36. The molecule has 0 aliphatic carbocycles. The SMILES string of the molecule is CC(C)n1cc([C@@H]2OCC[C@H]2C(=O)NCc2nccs2)cn1. The van der Waals surface area contributed by atoms with Gasteiger partial charge >= 0.3 is 0 Å². The van der Waals surface area contributed by atoms with Crippen molar-refractivity contribution >= 4 is 17.2 Å². The van der Waals surface area contributed by atoms with Crippen LogP contribution in [0.2, 0.25) is 0 Å². The fourth-order valence-electron chi connectivity index (χ4n) is 2.60. The van der Waals surface area contributed by atoms with Gasteiger partial charge in [0.25, 0.3) is 0 Å². The summed E-state index contributed by atoms with van der Waals surface area (Å²) in [5.41, 5.74) is 0.973. The summed E-state index contributed by atoms with van der Waals surface area (Å²) >= 11 is 1.54. The highest BCUT2D eigenvalue weighted by molar-refractivity contribution is 7.09. The van der Waals surface area contributed by atoms with E-state index in [2.05, 4.69) is 29.2 Å². The van der Waals surface area contributed by atoms with Gasteiger partial charge in [-0.05, 0) is 20.3 Å². The lowest BCUT2D eigenvalue weighted by molar-refractivity contribution is -0.126. The van der Waals surface area contributed by atoms with Gasteiger partial charge in [0, 0.05) is 36.0 Å². The summed E-state index contributed by atoms with van der Waals surface area (Å²) in [5.74, 6) is -0.139. The molecule has 6 nitrogen and oxygen atoms in total. The average Bonchev–Trinajstić information content (AvgIpc) is 3.23. The summed E-state index contributed by atoms with van der Waals surface area (Å²) in [6.07, 6.45) is 6.05. The van der Waals surface area contributed by atoms with Crippen molar-refractivity contribution in [3.05, 3.63) is 34.5 Å². The number of nitrogens with zero attached hydrogens (tertiary/aromatic N) is 3. The third-order valence-electron chi connectivity index (χ3n) is 3.80. The Bertz CT molecular complexity index is 623. The minimum absolute atomic E-state index is 0.0231. The van der Waals surface area contributed by atoms with Crippen molar-refractivity contribution < 1.29 is 9.53 Å². The van der Waals surface area contributed by atoms with Crippen LogP contribution in [-0.2, 0) is 16.1 Å². The van der Waals surface area contributed by atoms with Crippen molar-refractivity contribution in [2.24, 2.45) is 5.92 Å². The highest BCUT2D eigenvalue weighted by Crippen LogP contribution is 2.34. The van der Waals surface area contributed by atoms with Gasteiger partial charge in [-0.15, -0.1) is 11.3 Å². The predicted octanol–water partition coefficient (Wildman–Crippen LogP) is 2.31. The van der Waals surface area contributed by atoms with E-state index in [9.17, 15) is 4.79 Å². The average molecular weight is 320 g/mol. The van der Waals surface area contributed by atoms with Crippen LogP contribution in [0, 0.1) is 5.92 Å². The first-order chi connectivity index (χ1) is 10.6. The summed E-state index contributed by atoms with van der Waals surface area (Å²) in [5, 5.41) is 10.1. The van der Waals surface area contributed by atoms with Crippen LogP contribution in [0.15, 0.2) is 24.0 Å². The molecule has 1 saturated heterocycles. The Morgan fingerprint density at radius 3 is 3.14 bits per heavy atom. The van der Waals surface area contributed by atoms with Gasteiger partial charge < -0.3 is 10.1 Å². The van der Waals surface area contributed by atoms with Crippen LogP contribution < -0.4 is 5.32 Å². The Morgan fingerprint density at radius 2 is 2.45 bits per heavy atom. The molecular weight excluding hydrogens is 300 g/mol. The zero-order valence-electron chi connectivity index (χ0n) is 12.7. The van der Waals surface area contributed by atoms with Crippen molar-refractivity contribution in [3.63, 3.8) is 0 Å². The van der Waals surface area contributed by atoms with E-state index >= 15 is 0 Å². The molecule has 7 heteroatoms. The summed E-state index contributed by atoms with van der Waals surface area (Å²) in [6.45, 7) is 5.23. The van der Waals surface area contributed by atoms with E-state index in [0.717, 1.165) is 17.0 Å². The van der Waals surface area contributed by atoms with E-state index in [1.807, 2.05) is 16.3 Å². The van der Waals surface area contributed by atoms with Crippen molar-refractivity contribution in [2.45, 2.75) is 39.0 Å². The molecule has 22 heavy (non-hydrogen) atoms. The molecule has 0 saturated carbocycles. The first-order valence-electron chi connectivity index (χ1n) is 7.47. The van der Waals surface area contributed by atoms with E-state index < -0.39 is 0 Å². The molecule has 1 aliphatic heterocycles. The Hall–Kier alpha value is -1.73. The summed E-state index contributed by atoms with van der Waals surface area (Å²) in [6, 6.07) is 0.298. The Morgan fingerprint density at radius 1 is 1.59 bits per heavy atom. The van der Waals surface area contributed by atoms with Crippen molar-refractivity contribution in [3.8, 4) is 0 Å². The van der Waals surface area contributed by atoms with Crippen LogP contribution in [0.3, 0.4) is 0 Å². The monoisotopic (exact) mass is 320 g/mol. The van der Waals surface area contributed by atoms with E-state index in [-0.39, 0.29) is 17.9 Å². The molecule has 2 aromatic rings. The number of aromatic nitrogens is 3. The Balaban J connectivity index is 1.65. The smallest absolute Gasteiger partial charge is 0.226 e. The van der Waals surface area contributed by atoms with Crippen LogP contribution in [-0.4, -0.2) is 27.3 Å². The number of carbonyl (C=O) groups is 1. The maximum Gasteiger partial charge on any atom is 0.226 e. The second-order valence-electron chi connectivity index (χ2n) is 5.68. The minimum atomic E-state index is -0.205. The minimum Gasteiger partial charge on any atom is -0.373 e. The molecular formula is C15H20N4O2S. The first-order valence-corrected chi connectivity index (χ1v) is 8.35. The molecule has 2 atom stereocenters. The summed E-state index contributed by atoms with van der Waals surface area (Å²) in [7, 11) is 0. The standard InChI is InChI=1S/C15H20N4O2S/c1-10(2)19-9-11(7-18-19)14-12(3-5-21-14)15(20)17-8-13-16-4-6-22-13/h4,6-7,9-10,12,14H,3,5,8H2,1-2H3,(H,17,20)/t12-,14+/m1/s1. The number of rotatable bonds is 5. The quantitative estimate of drug-likeness (QED) is 0.918. The first kappa shape index (κ1) is 15.2. The van der Waals surface area contributed by atoms with Crippen LogP contribution >= 0.6 is 11.3 Å². The third-order valence-corrected chi connectivity index (χ3v) is 4.58. The predicted molar refractivity (Wildman–Crippen MR) is 83.4 cm³/mol. The highest BCUT2D eigenvalue weighted by atomic mass is 32.1. The topological polar surface area (TPSA) is 69.0 Å². The number of hydrogen-bond donors (Lipinski definition) is 1. The van der Waals surface area contributed by atoms with Gasteiger partial charge in [0.2, 0.25) is 5.91 Å². The lowest BCUT2D eigenvalue weighted by Crippen LogP contribution is -2.31. The molecule has 0 spiro atoms. The lowest BCUT2D eigenvalue weighted by atomic mass is 9.96. The van der Waals surface area contributed by atoms with Gasteiger partial charge in [-0.3, -0.25) is 9.48 Å². The molecule has 3 rings (SSSR count). The van der Waals surface area contributed by atoms with Gasteiger partial charge in [0.15, 0.2) is 0 Å². The largest absolute Gasteiger partial charge is 0.373 e. The van der Waals surface area contributed by atoms with Crippen LogP contribution in [0.4, 0.5) is 0 Å². The van der Waals surface area contributed by atoms with Gasteiger partial charge in [-0.1, -0.05) is 0 Å². The fourth-order valence-corrected chi connectivity index (χ4v) is 3.16. The van der Waals surface area contributed by atoms with Gasteiger partial charge in [-0.25, -0.2) is 4.98 Å². The van der Waals surface area contributed by atoms with E-state index in [1.165, 1.54) is 0 Å². The zero-order chi connectivity index (χ0) is 15.5. The molecule has 0 unspecified atom stereocenters. The Labute approximate surface area is 133 Å². The molecule has 118 valence electrons. The normalized spacial score (nSPS) is 21.4.